The number of halogens is 1. The second kappa shape index (κ2) is 7.69. The molecule has 1 fully saturated rings. The summed E-state index contributed by atoms with van der Waals surface area (Å²) in [5, 5.41) is 15.3. The highest BCUT2D eigenvalue weighted by molar-refractivity contribution is 9.10. The second-order valence-corrected chi connectivity index (χ2v) is 7.91. The number of carbonyl (C=O) groups excluding carboxylic acids is 1. The number of amidine groups is 1. The average molecular weight is 455 g/mol. The molecule has 0 unspecified atom stereocenters. The monoisotopic (exact) mass is 454 g/mol. The van der Waals surface area contributed by atoms with Gasteiger partial charge >= 0.3 is 0 Å². The summed E-state index contributed by atoms with van der Waals surface area (Å²) in [6.45, 7) is 0. The SMILES string of the molecule is COc1cc(/C=C2/SC(=Nc3cccc4ccccc34)NC2=O)c(Br)cc1O. The summed E-state index contributed by atoms with van der Waals surface area (Å²) in [6, 6.07) is 17.1. The van der Waals surface area contributed by atoms with Crippen LogP contribution in [-0.2, 0) is 4.79 Å². The number of hydrogen-bond acceptors (Lipinski definition) is 5. The van der Waals surface area contributed by atoms with Crippen LogP contribution in [-0.4, -0.2) is 23.3 Å². The average Bonchev–Trinajstić information content (AvgIpc) is 3.03. The number of fused-ring (bicyclic) bond motifs is 1. The Labute approximate surface area is 174 Å². The number of phenols is 1. The first-order chi connectivity index (χ1) is 13.5. The van der Waals surface area contributed by atoms with Gasteiger partial charge in [0.2, 0.25) is 0 Å². The fraction of sp³-hybridized carbons (Fsp3) is 0.0476. The van der Waals surface area contributed by atoms with Gasteiger partial charge in [-0.1, -0.05) is 52.3 Å². The molecule has 0 aromatic heterocycles. The fourth-order valence-electron chi connectivity index (χ4n) is 2.87. The Morgan fingerprint density at radius 1 is 1.18 bits per heavy atom. The number of phenolic OH excluding ortho intramolecular Hbond substituents is 1. The van der Waals surface area contributed by atoms with Crippen LogP contribution < -0.4 is 10.1 Å². The van der Waals surface area contributed by atoms with Crippen LogP contribution in [0.15, 0.2) is 69.0 Å². The molecule has 4 rings (SSSR count). The van der Waals surface area contributed by atoms with E-state index in [1.165, 1.54) is 24.9 Å². The topological polar surface area (TPSA) is 70.9 Å². The maximum absolute atomic E-state index is 12.4. The van der Waals surface area contributed by atoms with Crippen molar-refractivity contribution in [2.45, 2.75) is 0 Å². The highest BCUT2D eigenvalue weighted by Crippen LogP contribution is 2.36. The highest BCUT2D eigenvalue weighted by atomic mass is 79.9. The summed E-state index contributed by atoms with van der Waals surface area (Å²) in [7, 11) is 1.48. The lowest BCUT2D eigenvalue weighted by Crippen LogP contribution is -2.19. The molecule has 1 amide bonds. The number of nitrogens with zero attached hydrogens (tertiary/aromatic N) is 1. The molecule has 1 heterocycles. The first-order valence-corrected chi connectivity index (χ1v) is 10.00. The molecule has 5 nitrogen and oxygen atoms in total. The van der Waals surface area contributed by atoms with E-state index in [1.807, 2.05) is 42.5 Å². The van der Waals surface area contributed by atoms with Crippen LogP contribution >= 0.6 is 27.7 Å². The van der Waals surface area contributed by atoms with Gasteiger partial charge in [-0.15, -0.1) is 0 Å². The Hall–Kier alpha value is -2.77. The van der Waals surface area contributed by atoms with Crippen molar-refractivity contribution in [3.63, 3.8) is 0 Å². The Morgan fingerprint density at radius 2 is 1.96 bits per heavy atom. The van der Waals surface area contributed by atoms with Crippen molar-refractivity contribution < 1.29 is 14.6 Å². The van der Waals surface area contributed by atoms with E-state index in [2.05, 4.69) is 26.2 Å². The van der Waals surface area contributed by atoms with Gasteiger partial charge in [-0.05, 0) is 47.0 Å². The first-order valence-electron chi connectivity index (χ1n) is 8.39. The zero-order valence-electron chi connectivity index (χ0n) is 14.8. The van der Waals surface area contributed by atoms with Gasteiger partial charge in [-0.25, -0.2) is 4.99 Å². The largest absolute Gasteiger partial charge is 0.504 e. The smallest absolute Gasteiger partial charge is 0.264 e. The van der Waals surface area contributed by atoms with Gasteiger partial charge in [0, 0.05) is 9.86 Å². The number of carbonyl (C=O) groups is 1. The summed E-state index contributed by atoms with van der Waals surface area (Å²) in [4.78, 5) is 17.5. The van der Waals surface area contributed by atoms with E-state index in [-0.39, 0.29) is 11.7 Å². The molecule has 0 bridgehead atoms. The molecule has 0 aliphatic carbocycles. The molecule has 1 saturated heterocycles. The summed E-state index contributed by atoms with van der Waals surface area (Å²) >= 11 is 4.67. The van der Waals surface area contributed by atoms with Gasteiger partial charge in [-0.2, -0.15) is 0 Å². The molecule has 0 radical (unpaired) electrons. The maximum Gasteiger partial charge on any atom is 0.264 e. The Kier molecular flexibility index (Phi) is 5.11. The van der Waals surface area contributed by atoms with E-state index >= 15 is 0 Å². The van der Waals surface area contributed by atoms with Gasteiger partial charge in [-0.3, -0.25) is 4.79 Å². The minimum absolute atomic E-state index is 0.0262. The molecule has 1 aliphatic rings. The predicted molar refractivity (Wildman–Crippen MR) is 117 cm³/mol. The number of ether oxygens (including phenoxy) is 1. The third-order valence-electron chi connectivity index (χ3n) is 4.22. The Balaban J connectivity index is 1.68. The zero-order chi connectivity index (χ0) is 19.7. The van der Waals surface area contributed by atoms with E-state index in [9.17, 15) is 9.90 Å². The Morgan fingerprint density at radius 3 is 2.79 bits per heavy atom. The molecule has 0 atom stereocenters. The van der Waals surface area contributed by atoms with E-state index < -0.39 is 0 Å². The molecule has 3 aromatic rings. The van der Waals surface area contributed by atoms with Crippen molar-refractivity contribution in [1.29, 1.82) is 0 Å². The molecule has 0 saturated carbocycles. The molecule has 7 heteroatoms. The van der Waals surface area contributed by atoms with Crippen LogP contribution in [0.4, 0.5) is 5.69 Å². The number of benzene rings is 3. The predicted octanol–water partition coefficient (Wildman–Crippen LogP) is 5.21. The second-order valence-electron chi connectivity index (χ2n) is 6.03. The number of methoxy groups -OCH3 is 1. The van der Waals surface area contributed by atoms with Crippen molar-refractivity contribution in [3.05, 3.63) is 69.5 Å². The number of nitrogens with one attached hydrogen (secondary N) is 1. The summed E-state index contributed by atoms with van der Waals surface area (Å²) < 4.78 is 5.80. The number of rotatable bonds is 3. The Bertz CT molecular complexity index is 1150. The van der Waals surface area contributed by atoms with Gasteiger partial charge in [0.15, 0.2) is 16.7 Å². The molecular weight excluding hydrogens is 440 g/mol. The van der Waals surface area contributed by atoms with E-state index in [1.54, 1.807) is 12.1 Å². The summed E-state index contributed by atoms with van der Waals surface area (Å²) in [5.41, 5.74) is 1.52. The molecule has 28 heavy (non-hydrogen) atoms. The van der Waals surface area contributed by atoms with Crippen molar-refractivity contribution in [1.82, 2.24) is 5.32 Å². The molecule has 3 aromatic carbocycles. The van der Waals surface area contributed by atoms with E-state index in [4.69, 9.17) is 4.74 Å². The molecule has 2 N–H and O–H groups in total. The highest BCUT2D eigenvalue weighted by Gasteiger charge is 2.24. The van der Waals surface area contributed by atoms with Crippen LogP contribution in [0.25, 0.3) is 16.8 Å². The van der Waals surface area contributed by atoms with Gasteiger partial charge < -0.3 is 15.2 Å². The van der Waals surface area contributed by atoms with Crippen molar-refractivity contribution >= 4 is 61.3 Å². The van der Waals surface area contributed by atoms with Crippen LogP contribution in [0.3, 0.4) is 0 Å². The summed E-state index contributed by atoms with van der Waals surface area (Å²) in [5.74, 6) is 0.143. The summed E-state index contributed by atoms with van der Waals surface area (Å²) in [6.07, 6.45) is 1.73. The molecule has 140 valence electrons. The lowest BCUT2D eigenvalue weighted by Gasteiger charge is -2.06. The van der Waals surface area contributed by atoms with Gasteiger partial charge in [0.1, 0.15) is 0 Å². The van der Waals surface area contributed by atoms with Crippen LogP contribution in [0.5, 0.6) is 11.5 Å². The van der Waals surface area contributed by atoms with E-state index in [0.29, 0.717) is 20.3 Å². The maximum atomic E-state index is 12.4. The third kappa shape index (κ3) is 3.63. The number of thioether (sulfide) groups is 1. The third-order valence-corrected chi connectivity index (χ3v) is 5.82. The lowest BCUT2D eigenvalue weighted by atomic mass is 10.1. The standard InChI is InChI=1S/C21H15BrN2O3S/c1-27-18-9-13(15(22)11-17(18)25)10-19-20(26)24-21(28-19)23-16-8-4-6-12-5-2-3-7-14(12)16/h2-11,25H,1H3,(H,23,24,26)/b19-10+. The number of hydrogen-bond donors (Lipinski definition) is 2. The molecule has 0 spiro atoms. The van der Waals surface area contributed by atoms with Gasteiger partial charge in [0.05, 0.1) is 17.7 Å². The number of aromatic hydroxyl groups is 1. The van der Waals surface area contributed by atoms with Gasteiger partial charge in [0.25, 0.3) is 5.91 Å². The van der Waals surface area contributed by atoms with E-state index in [0.717, 1.165) is 22.0 Å². The number of amides is 1. The van der Waals surface area contributed by atoms with Crippen LogP contribution in [0, 0.1) is 0 Å². The quantitative estimate of drug-likeness (QED) is 0.532. The molecular formula is C21H15BrN2O3S. The normalized spacial score (nSPS) is 16.7. The minimum Gasteiger partial charge on any atom is -0.504 e. The molecule has 1 aliphatic heterocycles. The van der Waals surface area contributed by atoms with Crippen molar-refractivity contribution in [2.24, 2.45) is 4.99 Å². The zero-order valence-corrected chi connectivity index (χ0v) is 17.2. The lowest BCUT2D eigenvalue weighted by molar-refractivity contribution is -0.115. The van der Waals surface area contributed by atoms with Crippen molar-refractivity contribution in [3.8, 4) is 11.5 Å². The fourth-order valence-corrected chi connectivity index (χ4v) is 4.14. The first kappa shape index (κ1) is 18.6. The van der Waals surface area contributed by atoms with Crippen molar-refractivity contribution in [2.75, 3.05) is 7.11 Å². The van der Waals surface area contributed by atoms with Crippen LogP contribution in [0.2, 0.25) is 0 Å². The minimum atomic E-state index is -0.220. The number of aliphatic imine (C=N–C) groups is 1. The van der Waals surface area contributed by atoms with Crippen LogP contribution in [0.1, 0.15) is 5.56 Å².